The summed E-state index contributed by atoms with van der Waals surface area (Å²) in [6.07, 6.45) is 7.19. The third kappa shape index (κ3) is 2.35. The van der Waals surface area contributed by atoms with Crippen molar-refractivity contribution < 1.29 is 4.79 Å². The summed E-state index contributed by atoms with van der Waals surface area (Å²) in [6.45, 7) is 1.79. The number of likely N-dealkylation sites (tertiary alicyclic amines) is 1. The van der Waals surface area contributed by atoms with E-state index in [1.807, 2.05) is 12.1 Å². The Kier molecular flexibility index (Phi) is 3.39. The molecule has 3 aliphatic rings. The monoisotopic (exact) mass is 323 g/mol. The van der Waals surface area contributed by atoms with Gasteiger partial charge in [-0.05, 0) is 56.1 Å². The SMILES string of the molecule is O=C(C1CC2CCC1C2)N1CCC(c2nc3ccccc3[nH]2)CC1. The summed E-state index contributed by atoms with van der Waals surface area (Å²) in [6, 6.07) is 8.22. The van der Waals surface area contributed by atoms with Crippen molar-refractivity contribution in [3.8, 4) is 0 Å². The van der Waals surface area contributed by atoms with Crippen LogP contribution in [0.25, 0.3) is 11.0 Å². The van der Waals surface area contributed by atoms with Crippen LogP contribution in [0.3, 0.4) is 0 Å². The quantitative estimate of drug-likeness (QED) is 0.916. The van der Waals surface area contributed by atoms with E-state index < -0.39 is 0 Å². The van der Waals surface area contributed by atoms with E-state index in [0.717, 1.165) is 55.1 Å². The third-order valence-electron chi connectivity index (χ3n) is 6.66. The Morgan fingerprint density at radius 1 is 1.08 bits per heavy atom. The molecule has 5 rings (SSSR count). The van der Waals surface area contributed by atoms with Crippen molar-refractivity contribution in [3.05, 3.63) is 30.1 Å². The Morgan fingerprint density at radius 3 is 2.62 bits per heavy atom. The molecule has 1 aromatic heterocycles. The highest BCUT2D eigenvalue weighted by Crippen LogP contribution is 2.49. The van der Waals surface area contributed by atoms with E-state index in [0.29, 0.717) is 23.7 Å². The van der Waals surface area contributed by atoms with Crippen LogP contribution in [0.15, 0.2) is 24.3 Å². The van der Waals surface area contributed by atoms with Crippen molar-refractivity contribution in [2.45, 2.75) is 44.4 Å². The molecule has 0 spiro atoms. The van der Waals surface area contributed by atoms with E-state index in [2.05, 4.69) is 22.0 Å². The summed E-state index contributed by atoms with van der Waals surface area (Å²) in [4.78, 5) is 23.2. The number of hydrogen-bond donors (Lipinski definition) is 1. The molecule has 0 radical (unpaired) electrons. The maximum absolute atomic E-state index is 12.9. The van der Waals surface area contributed by atoms with Crippen molar-refractivity contribution in [2.24, 2.45) is 17.8 Å². The third-order valence-corrected chi connectivity index (χ3v) is 6.66. The fourth-order valence-electron chi connectivity index (χ4n) is 5.32. The van der Waals surface area contributed by atoms with Crippen LogP contribution in [0.4, 0.5) is 0 Å². The number of benzene rings is 1. The summed E-state index contributed by atoms with van der Waals surface area (Å²) in [5.74, 6) is 3.88. The van der Waals surface area contributed by atoms with Crippen molar-refractivity contribution in [1.29, 1.82) is 0 Å². The number of piperidine rings is 1. The summed E-state index contributed by atoms with van der Waals surface area (Å²) >= 11 is 0. The van der Waals surface area contributed by atoms with Gasteiger partial charge in [-0.15, -0.1) is 0 Å². The molecule has 1 aliphatic heterocycles. The molecule has 126 valence electrons. The number of aromatic amines is 1. The number of nitrogens with one attached hydrogen (secondary N) is 1. The average molecular weight is 323 g/mol. The van der Waals surface area contributed by atoms with Crippen LogP contribution in [0, 0.1) is 17.8 Å². The van der Waals surface area contributed by atoms with Gasteiger partial charge in [0, 0.05) is 24.9 Å². The van der Waals surface area contributed by atoms with Gasteiger partial charge in [0.25, 0.3) is 0 Å². The van der Waals surface area contributed by atoms with Crippen LogP contribution in [0.1, 0.15) is 50.3 Å². The number of rotatable bonds is 2. The zero-order chi connectivity index (χ0) is 16.1. The molecule has 3 unspecified atom stereocenters. The Morgan fingerprint density at radius 2 is 1.92 bits per heavy atom. The number of fused-ring (bicyclic) bond motifs is 3. The standard InChI is InChI=1S/C20H25N3O/c24-20(16-12-13-5-6-15(16)11-13)23-9-7-14(8-10-23)19-21-17-3-1-2-4-18(17)22-19/h1-4,13-16H,5-12H2,(H,21,22). The van der Waals surface area contributed by atoms with Gasteiger partial charge in [-0.25, -0.2) is 4.98 Å². The molecule has 2 aliphatic carbocycles. The molecule has 24 heavy (non-hydrogen) atoms. The number of nitrogens with zero attached hydrogens (tertiary/aromatic N) is 2. The second kappa shape index (κ2) is 5.61. The first kappa shape index (κ1) is 14.5. The molecule has 1 saturated heterocycles. The number of carbonyl (C=O) groups excluding carboxylic acids is 1. The van der Waals surface area contributed by atoms with Gasteiger partial charge in [0.1, 0.15) is 5.82 Å². The van der Waals surface area contributed by atoms with Crippen LogP contribution < -0.4 is 0 Å². The van der Waals surface area contributed by atoms with E-state index in [-0.39, 0.29) is 0 Å². The van der Waals surface area contributed by atoms with Gasteiger partial charge in [0.2, 0.25) is 5.91 Å². The maximum Gasteiger partial charge on any atom is 0.225 e. The molecule has 1 N–H and O–H groups in total. The number of carbonyl (C=O) groups is 1. The highest BCUT2D eigenvalue weighted by atomic mass is 16.2. The Balaban J connectivity index is 1.25. The summed E-state index contributed by atoms with van der Waals surface area (Å²) in [5.41, 5.74) is 2.17. The molecule has 4 heteroatoms. The second-order valence-corrected chi connectivity index (χ2v) is 8.02. The van der Waals surface area contributed by atoms with Crippen LogP contribution in [0.5, 0.6) is 0 Å². The lowest BCUT2D eigenvalue weighted by Crippen LogP contribution is -2.42. The lowest BCUT2D eigenvalue weighted by Gasteiger charge is -2.34. The minimum atomic E-state index is 0.339. The minimum absolute atomic E-state index is 0.339. The predicted molar refractivity (Wildman–Crippen MR) is 93.6 cm³/mol. The van der Waals surface area contributed by atoms with Crippen molar-refractivity contribution in [3.63, 3.8) is 0 Å². The van der Waals surface area contributed by atoms with Crippen molar-refractivity contribution in [1.82, 2.24) is 14.9 Å². The number of imidazole rings is 1. The van der Waals surface area contributed by atoms with E-state index in [1.54, 1.807) is 0 Å². The molecule has 2 aromatic rings. The van der Waals surface area contributed by atoms with Gasteiger partial charge in [-0.3, -0.25) is 4.79 Å². The van der Waals surface area contributed by atoms with Crippen LogP contribution in [-0.2, 0) is 4.79 Å². The van der Waals surface area contributed by atoms with Crippen LogP contribution >= 0.6 is 0 Å². The van der Waals surface area contributed by atoms with Gasteiger partial charge in [-0.1, -0.05) is 18.6 Å². The maximum atomic E-state index is 12.9. The number of H-pyrrole nitrogens is 1. The first-order chi connectivity index (χ1) is 11.8. The van der Waals surface area contributed by atoms with E-state index >= 15 is 0 Å². The molecule has 2 bridgehead atoms. The first-order valence-corrected chi connectivity index (χ1v) is 9.51. The minimum Gasteiger partial charge on any atom is -0.342 e. The highest BCUT2D eigenvalue weighted by Gasteiger charge is 2.44. The van der Waals surface area contributed by atoms with E-state index in [9.17, 15) is 4.79 Å². The van der Waals surface area contributed by atoms with Gasteiger partial charge >= 0.3 is 0 Å². The first-order valence-electron chi connectivity index (χ1n) is 9.51. The number of hydrogen-bond acceptors (Lipinski definition) is 2. The lowest BCUT2D eigenvalue weighted by molar-refractivity contribution is -0.138. The molecule has 3 atom stereocenters. The molecular weight excluding hydrogens is 298 g/mol. The molecule has 2 saturated carbocycles. The van der Waals surface area contributed by atoms with Gasteiger partial charge < -0.3 is 9.88 Å². The fraction of sp³-hybridized carbons (Fsp3) is 0.600. The average Bonchev–Trinajstić information content (AvgIpc) is 3.35. The molecule has 1 aromatic carbocycles. The normalized spacial score (nSPS) is 30.3. The van der Waals surface area contributed by atoms with Crippen LogP contribution in [-0.4, -0.2) is 33.9 Å². The fourth-order valence-corrected chi connectivity index (χ4v) is 5.32. The Hall–Kier alpha value is -1.84. The number of aromatic nitrogens is 2. The predicted octanol–water partition coefficient (Wildman–Crippen LogP) is 3.71. The topological polar surface area (TPSA) is 49.0 Å². The summed E-state index contributed by atoms with van der Waals surface area (Å²) in [5, 5.41) is 0. The smallest absolute Gasteiger partial charge is 0.225 e. The van der Waals surface area contributed by atoms with Crippen LogP contribution in [0.2, 0.25) is 0 Å². The van der Waals surface area contributed by atoms with Crippen molar-refractivity contribution in [2.75, 3.05) is 13.1 Å². The number of amides is 1. The van der Waals surface area contributed by atoms with E-state index in [4.69, 9.17) is 4.98 Å². The zero-order valence-electron chi connectivity index (χ0n) is 14.1. The second-order valence-electron chi connectivity index (χ2n) is 8.02. The molecule has 3 fully saturated rings. The Bertz CT molecular complexity index is 726. The van der Waals surface area contributed by atoms with E-state index in [1.165, 1.54) is 19.3 Å². The molecule has 2 heterocycles. The van der Waals surface area contributed by atoms with Gasteiger partial charge in [0.15, 0.2) is 0 Å². The zero-order valence-corrected chi connectivity index (χ0v) is 14.1. The summed E-state index contributed by atoms with van der Waals surface area (Å²) in [7, 11) is 0. The molecule has 1 amide bonds. The highest BCUT2D eigenvalue weighted by molar-refractivity contribution is 5.80. The van der Waals surface area contributed by atoms with Gasteiger partial charge in [-0.2, -0.15) is 0 Å². The Labute approximate surface area is 142 Å². The summed E-state index contributed by atoms with van der Waals surface area (Å²) < 4.78 is 0. The lowest BCUT2D eigenvalue weighted by atomic mass is 9.86. The number of para-hydroxylation sites is 2. The molecule has 4 nitrogen and oxygen atoms in total. The van der Waals surface area contributed by atoms with Crippen molar-refractivity contribution >= 4 is 16.9 Å². The largest absolute Gasteiger partial charge is 0.342 e. The van der Waals surface area contributed by atoms with Gasteiger partial charge in [0.05, 0.1) is 11.0 Å². The molecular formula is C20H25N3O.